The highest BCUT2D eigenvalue weighted by Gasteiger charge is 2.26. The van der Waals surface area contributed by atoms with Crippen molar-refractivity contribution in [3.8, 4) is 0 Å². The van der Waals surface area contributed by atoms with E-state index in [1.165, 1.54) is 19.3 Å². The van der Waals surface area contributed by atoms with E-state index in [-0.39, 0.29) is 11.7 Å². The predicted molar refractivity (Wildman–Crippen MR) is 105 cm³/mol. The number of hydrogen-bond acceptors (Lipinski definition) is 4. The second-order valence-corrected chi connectivity index (χ2v) is 7.39. The van der Waals surface area contributed by atoms with Crippen molar-refractivity contribution >= 4 is 17.1 Å². The van der Waals surface area contributed by atoms with Crippen molar-refractivity contribution in [1.29, 1.82) is 0 Å². The SMILES string of the molecule is CC/C=C\C[C@H](O)C/C=C1/C(=O)C=CC1c1nc(CCCCC)cs1. The number of aliphatic hydroxyl groups is 1. The summed E-state index contributed by atoms with van der Waals surface area (Å²) in [4.78, 5) is 16.9. The first-order chi connectivity index (χ1) is 12.2. The van der Waals surface area contributed by atoms with Crippen LogP contribution in [0.5, 0.6) is 0 Å². The quantitative estimate of drug-likeness (QED) is 0.358. The molecule has 0 saturated carbocycles. The van der Waals surface area contributed by atoms with Crippen LogP contribution in [0.1, 0.15) is 69.0 Å². The summed E-state index contributed by atoms with van der Waals surface area (Å²) < 4.78 is 0. The van der Waals surface area contributed by atoms with E-state index in [2.05, 4.69) is 25.3 Å². The number of aryl methyl sites for hydroxylation is 1. The number of rotatable bonds is 10. The Labute approximate surface area is 155 Å². The third kappa shape index (κ3) is 6.05. The number of unbranched alkanes of at least 4 members (excludes halogenated alkanes) is 2. The summed E-state index contributed by atoms with van der Waals surface area (Å²) >= 11 is 1.63. The first kappa shape index (κ1) is 19.8. The molecule has 1 aromatic heterocycles. The molecule has 0 aliphatic heterocycles. The fraction of sp³-hybridized carbons (Fsp3) is 0.524. The molecule has 25 heavy (non-hydrogen) atoms. The smallest absolute Gasteiger partial charge is 0.182 e. The minimum Gasteiger partial charge on any atom is -0.392 e. The van der Waals surface area contributed by atoms with E-state index in [0.717, 1.165) is 29.1 Å². The molecule has 0 bridgehead atoms. The summed E-state index contributed by atoms with van der Waals surface area (Å²) in [6.07, 6.45) is 15.8. The highest BCUT2D eigenvalue weighted by molar-refractivity contribution is 7.09. The zero-order valence-corrected chi connectivity index (χ0v) is 16.1. The Bertz CT molecular complexity index is 642. The molecule has 1 aromatic rings. The summed E-state index contributed by atoms with van der Waals surface area (Å²) in [7, 11) is 0. The zero-order valence-electron chi connectivity index (χ0n) is 15.3. The Morgan fingerprint density at radius 3 is 2.88 bits per heavy atom. The number of hydrogen-bond donors (Lipinski definition) is 1. The first-order valence-corrected chi connectivity index (χ1v) is 10.2. The molecule has 4 heteroatoms. The van der Waals surface area contributed by atoms with Gasteiger partial charge in [-0.2, -0.15) is 0 Å². The van der Waals surface area contributed by atoms with Gasteiger partial charge in [0.15, 0.2) is 5.78 Å². The number of aromatic nitrogens is 1. The van der Waals surface area contributed by atoms with Crippen molar-refractivity contribution < 1.29 is 9.90 Å². The van der Waals surface area contributed by atoms with Gasteiger partial charge in [-0.1, -0.05) is 51.0 Å². The van der Waals surface area contributed by atoms with E-state index < -0.39 is 6.10 Å². The van der Waals surface area contributed by atoms with E-state index >= 15 is 0 Å². The van der Waals surface area contributed by atoms with Crippen LogP contribution in [0.4, 0.5) is 0 Å². The van der Waals surface area contributed by atoms with Gasteiger partial charge < -0.3 is 5.11 Å². The molecular formula is C21H29NO2S. The van der Waals surface area contributed by atoms with E-state index in [1.807, 2.05) is 18.2 Å². The number of ketones is 1. The summed E-state index contributed by atoms with van der Waals surface area (Å²) in [6.45, 7) is 4.27. The Morgan fingerprint density at radius 2 is 2.12 bits per heavy atom. The summed E-state index contributed by atoms with van der Waals surface area (Å²) in [5.41, 5.74) is 1.89. The molecule has 1 heterocycles. The van der Waals surface area contributed by atoms with Crippen LogP contribution in [0.2, 0.25) is 0 Å². The lowest BCUT2D eigenvalue weighted by Gasteiger charge is -2.09. The van der Waals surface area contributed by atoms with Gasteiger partial charge in [0.1, 0.15) is 5.01 Å². The molecule has 1 unspecified atom stereocenters. The van der Waals surface area contributed by atoms with Gasteiger partial charge in [0.25, 0.3) is 0 Å². The average Bonchev–Trinajstić information content (AvgIpc) is 3.20. The van der Waals surface area contributed by atoms with Gasteiger partial charge in [-0.3, -0.25) is 4.79 Å². The first-order valence-electron chi connectivity index (χ1n) is 9.35. The van der Waals surface area contributed by atoms with Crippen LogP contribution in [0.3, 0.4) is 0 Å². The van der Waals surface area contributed by atoms with Crippen LogP contribution in [-0.2, 0) is 11.2 Å². The third-order valence-electron chi connectivity index (χ3n) is 4.35. The minimum atomic E-state index is -0.440. The van der Waals surface area contributed by atoms with E-state index in [9.17, 15) is 9.90 Å². The predicted octanol–water partition coefficient (Wildman–Crippen LogP) is 5.13. The van der Waals surface area contributed by atoms with Gasteiger partial charge in [0.05, 0.1) is 17.7 Å². The Hall–Kier alpha value is -1.52. The molecule has 136 valence electrons. The molecule has 0 aromatic carbocycles. The number of allylic oxidation sites excluding steroid dienone is 4. The van der Waals surface area contributed by atoms with Gasteiger partial charge in [-0.15, -0.1) is 11.3 Å². The number of thiazole rings is 1. The third-order valence-corrected chi connectivity index (χ3v) is 5.33. The largest absolute Gasteiger partial charge is 0.392 e. The molecule has 1 aliphatic rings. The van der Waals surface area contributed by atoms with E-state index in [1.54, 1.807) is 17.4 Å². The molecule has 1 N–H and O–H groups in total. The molecule has 0 saturated heterocycles. The molecule has 3 nitrogen and oxygen atoms in total. The second-order valence-electron chi connectivity index (χ2n) is 6.50. The Morgan fingerprint density at radius 1 is 1.28 bits per heavy atom. The Kier molecular flexibility index (Phi) is 8.29. The molecule has 2 rings (SSSR count). The van der Waals surface area contributed by atoms with Crippen LogP contribution in [0, 0.1) is 0 Å². The monoisotopic (exact) mass is 359 g/mol. The average molecular weight is 360 g/mol. The normalized spacial score (nSPS) is 20.2. The van der Waals surface area contributed by atoms with Crippen molar-refractivity contribution in [2.24, 2.45) is 0 Å². The molecule has 0 spiro atoms. The maximum atomic E-state index is 12.2. The van der Waals surface area contributed by atoms with E-state index in [0.29, 0.717) is 12.8 Å². The fourth-order valence-electron chi connectivity index (χ4n) is 2.90. The van der Waals surface area contributed by atoms with Crippen molar-refractivity contribution in [2.45, 2.75) is 70.8 Å². The van der Waals surface area contributed by atoms with Crippen LogP contribution < -0.4 is 0 Å². The zero-order chi connectivity index (χ0) is 18.1. The summed E-state index contributed by atoms with van der Waals surface area (Å²) in [5.74, 6) is -0.000146. The van der Waals surface area contributed by atoms with Gasteiger partial charge in [0.2, 0.25) is 0 Å². The lowest BCUT2D eigenvalue weighted by Crippen LogP contribution is -2.07. The van der Waals surface area contributed by atoms with Crippen molar-refractivity contribution in [2.75, 3.05) is 0 Å². The second kappa shape index (κ2) is 10.5. The standard InChI is InChI=1S/C21H29NO2S/c1-3-5-7-9-16-15-25-21(22-16)19-13-14-20(24)18(19)12-11-17(23)10-8-6-4-2/h6,8,12-15,17,19,23H,3-5,7,9-11H2,1-2H3/b8-6-,18-12+/t17-,19?/m0/s1. The molecule has 0 amide bonds. The maximum Gasteiger partial charge on any atom is 0.182 e. The summed E-state index contributed by atoms with van der Waals surface area (Å²) in [6, 6.07) is 0. The number of carbonyl (C=O) groups excluding carboxylic acids is 1. The van der Waals surface area contributed by atoms with Crippen LogP contribution in [0.25, 0.3) is 0 Å². The number of aliphatic hydroxyl groups excluding tert-OH is 1. The molecule has 0 radical (unpaired) electrons. The van der Waals surface area contributed by atoms with Crippen LogP contribution >= 0.6 is 11.3 Å². The van der Waals surface area contributed by atoms with Gasteiger partial charge >= 0.3 is 0 Å². The minimum absolute atomic E-state index is 0.0454. The van der Waals surface area contributed by atoms with Crippen molar-refractivity contribution in [3.05, 3.63) is 52.0 Å². The van der Waals surface area contributed by atoms with Crippen LogP contribution in [-0.4, -0.2) is 22.0 Å². The molecule has 1 aliphatic carbocycles. The van der Waals surface area contributed by atoms with Gasteiger partial charge in [-0.25, -0.2) is 4.98 Å². The summed E-state index contributed by atoms with van der Waals surface area (Å²) in [5, 5.41) is 13.2. The maximum absolute atomic E-state index is 12.2. The lowest BCUT2D eigenvalue weighted by molar-refractivity contribution is -0.111. The van der Waals surface area contributed by atoms with Gasteiger partial charge in [0, 0.05) is 11.0 Å². The lowest BCUT2D eigenvalue weighted by atomic mass is 10.00. The number of nitrogens with zero attached hydrogens (tertiary/aromatic N) is 1. The van der Waals surface area contributed by atoms with Crippen LogP contribution in [0.15, 0.2) is 41.3 Å². The molecule has 0 fully saturated rings. The number of carbonyl (C=O) groups is 1. The topological polar surface area (TPSA) is 50.2 Å². The van der Waals surface area contributed by atoms with Gasteiger partial charge in [-0.05, 0) is 38.2 Å². The highest BCUT2D eigenvalue weighted by atomic mass is 32.1. The Balaban J connectivity index is 1.99. The highest BCUT2D eigenvalue weighted by Crippen LogP contribution is 2.34. The molecule has 2 atom stereocenters. The van der Waals surface area contributed by atoms with Crippen molar-refractivity contribution in [1.82, 2.24) is 4.98 Å². The van der Waals surface area contributed by atoms with E-state index in [4.69, 9.17) is 4.98 Å². The molecular weight excluding hydrogens is 330 g/mol. The fourth-order valence-corrected chi connectivity index (χ4v) is 3.84. The van der Waals surface area contributed by atoms with Crippen molar-refractivity contribution in [3.63, 3.8) is 0 Å².